The molecule has 1 aliphatic rings. The third kappa shape index (κ3) is 3.41. The van der Waals surface area contributed by atoms with Gasteiger partial charge in [0, 0.05) is 30.1 Å². The molecule has 1 fully saturated rings. The fraction of sp³-hybridized carbons (Fsp3) is 0.400. The van der Waals surface area contributed by atoms with Crippen molar-refractivity contribution in [2.45, 2.75) is 25.4 Å². The minimum Gasteiger partial charge on any atom is -0.380 e. The van der Waals surface area contributed by atoms with Gasteiger partial charge in [-0.15, -0.1) is 11.3 Å². The van der Waals surface area contributed by atoms with E-state index in [-0.39, 0.29) is 0 Å². The maximum Gasteiger partial charge on any atom is 0.123 e. The van der Waals surface area contributed by atoms with Crippen molar-refractivity contribution in [1.82, 2.24) is 10.3 Å². The van der Waals surface area contributed by atoms with E-state index in [1.165, 1.54) is 12.0 Å². The van der Waals surface area contributed by atoms with Crippen molar-refractivity contribution in [2.24, 2.45) is 0 Å². The van der Waals surface area contributed by atoms with Gasteiger partial charge < -0.3 is 10.1 Å². The van der Waals surface area contributed by atoms with Gasteiger partial charge in [-0.2, -0.15) is 0 Å². The molecule has 1 atom stereocenters. The average molecular weight is 274 g/mol. The molecule has 19 heavy (non-hydrogen) atoms. The lowest BCUT2D eigenvalue weighted by atomic mass is 10.1. The average Bonchev–Trinajstić information content (AvgIpc) is 2.96. The van der Waals surface area contributed by atoms with Crippen LogP contribution in [0.25, 0.3) is 10.6 Å². The fourth-order valence-electron chi connectivity index (χ4n) is 2.25. The number of hydrogen-bond donors (Lipinski definition) is 1. The predicted octanol–water partition coefficient (Wildman–Crippen LogP) is 3.08. The highest BCUT2D eigenvalue weighted by molar-refractivity contribution is 7.13. The molecule has 3 rings (SSSR count). The van der Waals surface area contributed by atoms with Crippen molar-refractivity contribution < 1.29 is 4.74 Å². The minimum atomic E-state index is 0.482. The molecule has 1 N–H and O–H groups in total. The van der Waals surface area contributed by atoms with Crippen molar-refractivity contribution in [1.29, 1.82) is 0 Å². The second-order valence-electron chi connectivity index (χ2n) is 4.80. The van der Waals surface area contributed by atoms with E-state index in [0.29, 0.717) is 6.04 Å². The van der Waals surface area contributed by atoms with Crippen LogP contribution in [0.1, 0.15) is 18.5 Å². The number of benzene rings is 1. The van der Waals surface area contributed by atoms with Crippen LogP contribution in [0.15, 0.2) is 35.7 Å². The molecule has 2 aromatic rings. The standard InChI is InChI=1S/C15H18N2OS/c1-2-5-12(6-3-1)15-17-14(11-19-15)9-16-13-7-4-8-18-10-13/h1-3,5-6,11,13,16H,4,7-10H2. The number of thiazole rings is 1. The van der Waals surface area contributed by atoms with E-state index in [1.807, 2.05) is 18.2 Å². The van der Waals surface area contributed by atoms with Crippen molar-refractivity contribution in [3.05, 3.63) is 41.4 Å². The SMILES string of the molecule is c1ccc(-c2nc(CNC3CCCOC3)cs2)cc1. The Bertz CT molecular complexity index is 506. The summed E-state index contributed by atoms with van der Waals surface area (Å²) in [5.74, 6) is 0. The summed E-state index contributed by atoms with van der Waals surface area (Å²) in [4.78, 5) is 4.68. The Balaban J connectivity index is 1.59. The summed E-state index contributed by atoms with van der Waals surface area (Å²) in [5.41, 5.74) is 2.31. The maximum atomic E-state index is 5.46. The summed E-state index contributed by atoms with van der Waals surface area (Å²) in [6.45, 7) is 2.57. The highest BCUT2D eigenvalue weighted by Crippen LogP contribution is 2.23. The zero-order valence-electron chi connectivity index (χ0n) is 10.8. The predicted molar refractivity (Wildman–Crippen MR) is 78.2 cm³/mol. The molecule has 1 aliphatic heterocycles. The first-order valence-electron chi connectivity index (χ1n) is 6.73. The van der Waals surface area contributed by atoms with Gasteiger partial charge >= 0.3 is 0 Å². The molecule has 0 amide bonds. The van der Waals surface area contributed by atoms with E-state index < -0.39 is 0 Å². The molecule has 0 spiro atoms. The molecule has 1 aromatic carbocycles. The number of aromatic nitrogens is 1. The molecule has 1 aromatic heterocycles. The largest absolute Gasteiger partial charge is 0.380 e. The van der Waals surface area contributed by atoms with Gasteiger partial charge in [0.1, 0.15) is 5.01 Å². The first kappa shape index (κ1) is 12.8. The van der Waals surface area contributed by atoms with Gasteiger partial charge in [0.2, 0.25) is 0 Å². The third-order valence-corrected chi connectivity index (χ3v) is 4.24. The molecule has 100 valence electrons. The summed E-state index contributed by atoms with van der Waals surface area (Å²) in [6, 6.07) is 10.8. The second-order valence-corrected chi connectivity index (χ2v) is 5.66. The van der Waals surface area contributed by atoms with Crippen molar-refractivity contribution in [2.75, 3.05) is 13.2 Å². The number of rotatable bonds is 4. The lowest BCUT2D eigenvalue weighted by molar-refractivity contribution is 0.0698. The monoisotopic (exact) mass is 274 g/mol. The Morgan fingerprint density at radius 2 is 2.21 bits per heavy atom. The molecule has 2 heterocycles. The number of nitrogens with one attached hydrogen (secondary N) is 1. The van der Waals surface area contributed by atoms with Crippen LogP contribution < -0.4 is 5.32 Å². The summed E-state index contributed by atoms with van der Waals surface area (Å²) < 4.78 is 5.46. The summed E-state index contributed by atoms with van der Waals surface area (Å²) in [5, 5.41) is 6.75. The second kappa shape index (κ2) is 6.28. The van der Waals surface area contributed by atoms with Gasteiger partial charge in [0.25, 0.3) is 0 Å². The van der Waals surface area contributed by atoms with Crippen LogP contribution in [-0.4, -0.2) is 24.2 Å². The van der Waals surface area contributed by atoms with Gasteiger partial charge in [-0.3, -0.25) is 0 Å². The van der Waals surface area contributed by atoms with Crippen LogP contribution in [-0.2, 0) is 11.3 Å². The van der Waals surface area contributed by atoms with Gasteiger partial charge in [-0.25, -0.2) is 4.98 Å². The maximum absolute atomic E-state index is 5.46. The van der Waals surface area contributed by atoms with Crippen LogP contribution in [0.2, 0.25) is 0 Å². The van der Waals surface area contributed by atoms with Gasteiger partial charge in [-0.1, -0.05) is 30.3 Å². The van der Waals surface area contributed by atoms with Crippen molar-refractivity contribution >= 4 is 11.3 Å². The topological polar surface area (TPSA) is 34.2 Å². The lowest BCUT2D eigenvalue weighted by Crippen LogP contribution is -2.36. The molecule has 0 radical (unpaired) electrons. The van der Waals surface area contributed by atoms with Crippen molar-refractivity contribution in [3.8, 4) is 10.6 Å². The molecule has 0 saturated carbocycles. The Morgan fingerprint density at radius 3 is 3.00 bits per heavy atom. The van der Waals surface area contributed by atoms with E-state index >= 15 is 0 Å². The Kier molecular flexibility index (Phi) is 4.23. The van der Waals surface area contributed by atoms with E-state index in [0.717, 1.165) is 36.9 Å². The summed E-state index contributed by atoms with van der Waals surface area (Å²) in [7, 11) is 0. The molecular weight excluding hydrogens is 256 g/mol. The fourth-order valence-corrected chi connectivity index (χ4v) is 3.08. The first-order valence-corrected chi connectivity index (χ1v) is 7.61. The molecule has 1 unspecified atom stereocenters. The van der Waals surface area contributed by atoms with Crippen molar-refractivity contribution in [3.63, 3.8) is 0 Å². The van der Waals surface area contributed by atoms with Crippen LogP contribution >= 0.6 is 11.3 Å². The molecule has 3 nitrogen and oxygen atoms in total. The Labute approximate surface area is 117 Å². The molecule has 4 heteroatoms. The normalized spacial score (nSPS) is 19.5. The van der Waals surface area contributed by atoms with E-state index in [4.69, 9.17) is 4.74 Å². The van der Waals surface area contributed by atoms with E-state index in [2.05, 4.69) is 27.8 Å². The highest BCUT2D eigenvalue weighted by atomic mass is 32.1. The molecule has 1 saturated heterocycles. The number of nitrogens with zero attached hydrogens (tertiary/aromatic N) is 1. The first-order chi connectivity index (χ1) is 9.42. The summed E-state index contributed by atoms with van der Waals surface area (Å²) in [6.07, 6.45) is 2.36. The van der Waals surface area contributed by atoms with E-state index in [1.54, 1.807) is 11.3 Å². The molecule has 0 bridgehead atoms. The lowest BCUT2D eigenvalue weighted by Gasteiger charge is -2.22. The highest BCUT2D eigenvalue weighted by Gasteiger charge is 2.13. The number of ether oxygens (including phenoxy) is 1. The minimum absolute atomic E-state index is 0.482. The quantitative estimate of drug-likeness (QED) is 0.930. The van der Waals surface area contributed by atoms with Crippen LogP contribution in [0, 0.1) is 0 Å². The van der Waals surface area contributed by atoms with Crippen LogP contribution in [0.4, 0.5) is 0 Å². The van der Waals surface area contributed by atoms with Gasteiger partial charge in [0.05, 0.1) is 12.3 Å². The summed E-state index contributed by atoms with van der Waals surface area (Å²) >= 11 is 1.71. The van der Waals surface area contributed by atoms with Gasteiger partial charge in [-0.05, 0) is 12.8 Å². The third-order valence-electron chi connectivity index (χ3n) is 3.30. The molecule has 0 aliphatic carbocycles. The van der Waals surface area contributed by atoms with Crippen LogP contribution in [0.3, 0.4) is 0 Å². The Morgan fingerprint density at radius 1 is 1.32 bits per heavy atom. The zero-order valence-corrected chi connectivity index (χ0v) is 11.7. The van der Waals surface area contributed by atoms with Crippen LogP contribution in [0.5, 0.6) is 0 Å². The number of hydrogen-bond acceptors (Lipinski definition) is 4. The van der Waals surface area contributed by atoms with Gasteiger partial charge in [0.15, 0.2) is 0 Å². The smallest absolute Gasteiger partial charge is 0.123 e. The zero-order chi connectivity index (χ0) is 12.9. The Hall–Kier alpha value is -1.23. The van der Waals surface area contributed by atoms with E-state index in [9.17, 15) is 0 Å². The molecular formula is C15H18N2OS.